The van der Waals surface area contributed by atoms with Gasteiger partial charge in [-0.3, -0.25) is 19.5 Å². The zero-order valence-corrected chi connectivity index (χ0v) is 15.5. The van der Waals surface area contributed by atoms with E-state index in [0.717, 1.165) is 18.7 Å². The van der Waals surface area contributed by atoms with Gasteiger partial charge in [0, 0.05) is 24.2 Å². The smallest absolute Gasteiger partial charge is 0.325 e. The first-order valence-corrected chi connectivity index (χ1v) is 9.14. The van der Waals surface area contributed by atoms with Gasteiger partial charge in [-0.15, -0.1) is 0 Å². The number of nitrogens with one attached hydrogen (secondary N) is 1. The Kier molecular flexibility index (Phi) is 6.89. The Morgan fingerprint density at radius 2 is 1.71 bits per heavy atom. The highest BCUT2D eigenvalue weighted by Gasteiger charge is 2.17. The SMILES string of the molecule is O=C(O)CN=C(c1ccccc1)c1ccccc1NC(=O)CN1CCOCC1. The van der Waals surface area contributed by atoms with Gasteiger partial charge in [-0.25, -0.2) is 0 Å². The molecule has 7 nitrogen and oxygen atoms in total. The molecule has 0 radical (unpaired) electrons. The van der Waals surface area contributed by atoms with Crippen molar-refractivity contribution in [1.29, 1.82) is 0 Å². The number of ether oxygens (including phenoxy) is 1. The number of carboxylic acid groups (broad SMARTS) is 1. The van der Waals surface area contributed by atoms with Crippen molar-refractivity contribution in [2.24, 2.45) is 4.99 Å². The highest BCUT2D eigenvalue weighted by Crippen LogP contribution is 2.20. The zero-order valence-electron chi connectivity index (χ0n) is 15.5. The van der Waals surface area contributed by atoms with E-state index in [2.05, 4.69) is 10.3 Å². The predicted octanol–water partition coefficient (Wildman–Crippen LogP) is 1.88. The standard InChI is InChI=1S/C21H23N3O4/c25-19(15-24-10-12-28-13-11-24)23-18-9-5-4-8-17(18)21(22-14-20(26)27)16-6-2-1-3-7-16/h1-9H,10-15H2,(H,23,25)(H,26,27). The Labute approximate surface area is 163 Å². The van der Waals surface area contributed by atoms with Crippen LogP contribution in [-0.2, 0) is 14.3 Å². The molecule has 0 bridgehead atoms. The van der Waals surface area contributed by atoms with E-state index in [1.54, 1.807) is 6.07 Å². The molecule has 0 unspecified atom stereocenters. The van der Waals surface area contributed by atoms with E-state index in [4.69, 9.17) is 9.84 Å². The second-order valence-corrected chi connectivity index (χ2v) is 6.41. The summed E-state index contributed by atoms with van der Waals surface area (Å²) in [6.07, 6.45) is 0. The van der Waals surface area contributed by atoms with Crippen LogP contribution in [0.2, 0.25) is 0 Å². The molecule has 2 aromatic carbocycles. The molecule has 2 aromatic rings. The first kappa shape index (κ1) is 19.7. The van der Waals surface area contributed by atoms with Crippen LogP contribution in [0, 0.1) is 0 Å². The van der Waals surface area contributed by atoms with Crippen LogP contribution in [0.15, 0.2) is 59.6 Å². The minimum Gasteiger partial charge on any atom is -0.480 e. The summed E-state index contributed by atoms with van der Waals surface area (Å²) in [7, 11) is 0. The normalized spacial score (nSPS) is 15.2. The zero-order chi connectivity index (χ0) is 19.8. The van der Waals surface area contributed by atoms with Gasteiger partial charge in [0.1, 0.15) is 6.54 Å². The lowest BCUT2D eigenvalue weighted by Crippen LogP contribution is -2.41. The van der Waals surface area contributed by atoms with Crippen LogP contribution < -0.4 is 5.32 Å². The number of para-hydroxylation sites is 1. The summed E-state index contributed by atoms with van der Waals surface area (Å²) >= 11 is 0. The molecule has 0 atom stereocenters. The molecule has 0 aromatic heterocycles. The predicted molar refractivity (Wildman–Crippen MR) is 107 cm³/mol. The van der Waals surface area contributed by atoms with Gasteiger partial charge in [-0.1, -0.05) is 48.5 Å². The van der Waals surface area contributed by atoms with Crippen molar-refractivity contribution in [1.82, 2.24) is 4.90 Å². The highest BCUT2D eigenvalue weighted by atomic mass is 16.5. The Balaban J connectivity index is 1.84. The quantitative estimate of drug-likeness (QED) is 0.715. The third kappa shape index (κ3) is 5.48. The second kappa shape index (κ2) is 9.77. The van der Waals surface area contributed by atoms with Crippen molar-refractivity contribution in [3.63, 3.8) is 0 Å². The third-order valence-corrected chi connectivity index (χ3v) is 4.35. The number of carboxylic acids is 1. The Bertz CT molecular complexity index is 846. The number of rotatable bonds is 7. The molecule has 1 aliphatic rings. The van der Waals surface area contributed by atoms with Gasteiger partial charge in [0.25, 0.3) is 0 Å². The number of aliphatic carboxylic acids is 1. The maximum absolute atomic E-state index is 12.5. The number of anilines is 1. The topological polar surface area (TPSA) is 91.2 Å². The van der Waals surface area contributed by atoms with Crippen LogP contribution in [0.1, 0.15) is 11.1 Å². The summed E-state index contributed by atoms with van der Waals surface area (Å²) in [6, 6.07) is 16.6. The largest absolute Gasteiger partial charge is 0.480 e. The van der Waals surface area contributed by atoms with E-state index in [1.807, 2.05) is 53.4 Å². The van der Waals surface area contributed by atoms with Crippen LogP contribution in [0.25, 0.3) is 0 Å². The summed E-state index contributed by atoms with van der Waals surface area (Å²) in [5, 5.41) is 12.0. The minimum absolute atomic E-state index is 0.125. The van der Waals surface area contributed by atoms with Crippen molar-refractivity contribution in [2.75, 3.05) is 44.7 Å². The average molecular weight is 381 g/mol. The van der Waals surface area contributed by atoms with E-state index in [-0.39, 0.29) is 19.0 Å². The molecular formula is C21H23N3O4. The molecule has 1 fully saturated rings. The fourth-order valence-corrected chi connectivity index (χ4v) is 3.03. The fourth-order valence-electron chi connectivity index (χ4n) is 3.03. The molecule has 1 aliphatic heterocycles. The lowest BCUT2D eigenvalue weighted by atomic mass is 10.0. The monoisotopic (exact) mass is 381 g/mol. The Morgan fingerprint density at radius 1 is 1.04 bits per heavy atom. The first-order chi connectivity index (χ1) is 13.6. The molecule has 7 heteroatoms. The lowest BCUT2D eigenvalue weighted by Gasteiger charge is -2.26. The number of morpholine rings is 1. The van der Waals surface area contributed by atoms with Gasteiger partial charge in [0.2, 0.25) is 5.91 Å². The van der Waals surface area contributed by atoms with Crippen molar-refractivity contribution < 1.29 is 19.4 Å². The number of carbonyl (C=O) groups excluding carboxylic acids is 1. The Hall–Kier alpha value is -3.03. The number of hydrogen-bond donors (Lipinski definition) is 2. The molecule has 3 rings (SSSR count). The maximum Gasteiger partial charge on any atom is 0.325 e. The molecule has 28 heavy (non-hydrogen) atoms. The molecule has 0 spiro atoms. The third-order valence-electron chi connectivity index (χ3n) is 4.35. The maximum atomic E-state index is 12.5. The number of benzene rings is 2. The molecule has 2 N–H and O–H groups in total. The van der Waals surface area contributed by atoms with Gasteiger partial charge in [0.15, 0.2) is 0 Å². The number of aliphatic imine (C=N–C) groups is 1. The van der Waals surface area contributed by atoms with Crippen molar-refractivity contribution in [3.05, 3.63) is 65.7 Å². The van der Waals surface area contributed by atoms with Gasteiger partial charge >= 0.3 is 5.97 Å². The number of hydrogen-bond acceptors (Lipinski definition) is 5. The van der Waals surface area contributed by atoms with Gasteiger partial charge < -0.3 is 15.2 Å². The Morgan fingerprint density at radius 3 is 2.43 bits per heavy atom. The van der Waals surface area contributed by atoms with Crippen molar-refractivity contribution in [2.45, 2.75) is 0 Å². The van der Waals surface area contributed by atoms with E-state index >= 15 is 0 Å². The van der Waals surface area contributed by atoms with Gasteiger partial charge in [-0.05, 0) is 6.07 Å². The van der Waals surface area contributed by atoms with E-state index in [9.17, 15) is 9.59 Å². The molecular weight excluding hydrogens is 358 g/mol. The summed E-state index contributed by atoms with van der Waals surface area (Å²) in [5.41, 5.74) is 2.61. The number of amides is 1. The van der Waals surface area contributed by atoms with Gasteiger partial charge in [-0.2, -0.15) is 0 Å². The molecule has 0 saturated carbocycles. The van der Waals surface area contributed by atoms with Crippen LogP contribution >= 0.6 is 0 Å². The van der Waals surface area contributed by atoms with Crippen LogP contribution in [0.4, 0.5) is 5.69 Å². The number of nitrogens with zero attached hydrogens (tertiary/aromatic N) is 2. The molecule has 1 saturated heterocycles. The van der Waals surface area contributed by atoms with Crippen molar-refractivity contribution in [3.8, 4) is 0 Å². The fraction of sp³-hybridized carbons (Fsp3) is 0.286. The summed E-state index contributed by atoms with van der Waals surface area (Å²) in [5.74, 6) is -1.14. The van der Waals surface area contributed by atoms with E-state index < -0.39 is 5.97 Å². The average Bonchev–Trinajstić information content (AvgIpc) is 2.70. The van der Waals surface area contributed by atoms with E-state index in [1.165, 1.54) is 0 Å². The molecule has 146 valence electrons. The van der Waals surface area contributed by atoms with E-state index in [0.29, 0.717) is 30.2 Å². The second-order valence-electron chi connectivity index (χ2n) is 6.41. The number of carbonyl (C=O) groups is 2. The van der Waals surface area contributed by atoms with Gasteiger partial charge in [0.05, 0.1) is 31.2 Å². The van der Waals surface area contributed by atoms with Crippen LogP contribution in [0.5, 0.6) is 0 Å². The van der Waals surface area contributed by atoms with Crippen LogP contribution in [0.3, 0.4) is 0 Å². The molecule has 1 heterocycles. The highest BCUT2D eigenvalue weighted by molar-refractivity contribution is 6.17. The summed E-state index contributed by atoms with van der Waals surface area (Å²) < 4.78 is 5.31. The lowest BCUT2D eigenvalue weighted by molar-refractivity contribution is -0.135. The van der Waals surface area contributed by atoms with Crippen molar-refractivity contribution >= 4 is 23.3 Å². The minimum atomic E-state index is -1.01. The summed E-state index contributed by atoms with van der Waals surface area (Å²) in [4.78, 5) is 29.9. The summed E-state index contributed by atoms with van der Waals surface area (Å²) in [6.45, 7) is 2.65. The van der Waals surface area contributed by atoms with Crippen LogP contribution in [-0.4, -0.2) is 67.0 Å². The molecule has 1 amide bonds. The first-order valence-electron chi connectivity index (χ1n) is 9.14. The molecule has 0 aliphatic carbocycles.